The van der Waals surface area contributed by atoms with Gasteiger partial charge in [0.25, 0.3) is 5.91 Å². The molecule has 2 rings (SSSR count). The number of carbonyl (C=O) groups excluding carboxylic acids is 1. The Morgan fingerprint density at radius 1 is 1.36 bits per heavy atom. The van der Waals surface area contributed by atoms with Crippen LogP contribution in [-0.4, -0.2) is 78.5 Å². The molecule has 2 N–H and O–H groups in total. The van der Waals surface area contributed by atoms with Crippen molar-refractivity contribution < 1.29 is 19.7 Å². The molecule has 0 bridgehead atoms. The van der Waals surface area contributed by atoms with Crippen LogP contribution in [0.1, 0.15) is 15.9 Å². The summed E-state index contributed by atoms with van der Waals surface area (Å²) in [6.45, 7) is 4.35. The van der Waals surface area contributed by atoms with Crippen LogP contribution in [0.4, 0.5) is 0 Å². The van der Waals surface area contributed by atoms with Crippen molar-refractivity contribution in [1.82, 2.24) is 9.80 Å². The Bertz CT molecular complexity index is 521. The van der Waals surface area contributed by atoms with Crippen LogP contribution in [-0.2, 0) is 0 Å². The number of ether oxygens (including phenoxy) is 1. The molecule has 1 unspecified atom stereocenters. The molecular weight excluding hydrogens is 284 g/mol. The minimum atomic E-state index is -0.618. The van der Waals surface area contributed by atoms with Gasteiger partial charge in [-0.3, -0.25) is 9.69 Å². The Balaban J connectivity index is 2.19. The molecule has 0 saturated carbocycles. The van der Waals surface area contributed by atoms with E-state index in [0.717, 1.165) is 5.56 Å². The fourth-order valence-corrected chi connectivity index (χ4v) is 2.83. The van der Waals surface area contributed by atoms with Gasteiger partial charge in [-0.15, -0.1) is 0 Å². The maximum absolute atomic E-state index is 12.8. The molecular formula is C16H24N2O4. The molecule has 6 nitrogen and oxygen atoms in total. The fraction of sp³-hybridized carbons (Fsp3) is 0.562. The Morgan fingerprint density at radius 2 is 2.14 bits per heavy atom. The van der Waals surface area contributed by atoms with Crippen LogP contribution in [0.3, 0.4) is 0 Å². The van der Waals surface area contributed by atoms with Gasteiger partial charge < -0.3 is 19.8 Å². The summed E-state index contributed by atoms with van der Waals surface area (Å²) in [6.07, 6.45) is -0.618. The summed E-state index contributed by atoms with van der Waals surface area (Å²) in [5.41, 5.74) is 1.41. The minimum absolute atomic E-state index is 0.0479. The van der Waals surface area contributed by atoms with Crippen LogP contribution < -0.4 is 4.74 Å². The van der Waals surface area contributed by atoms with E-state index in [-0.39, 0.29) is 19.1 Å². The van der Waals surface area contributed by atoms with Gasteiger partial charge in [0.1, 0.15) is 5.75 Å². The molecule has 1 heterocycles. The molecule has 1 aliphatic heterocycles. The quantitative estimate of drug-likeness (QED) is 0.826. The third kappa shape index (κ3) is 3.76. The van der Waals surface area contributed by atoms with E-state index in [1.807, 2.05) is 24.0 Å². The highest BCUT2D eigenvalue weighted by molar-refractivity contribution is 5.98. The first-order chi connectivity index (χ1) is 10.6. The van der Waals surface area contributed by atoms with E-state index in [4.69, 9.17) is 9.84 Å². The van der Waals surface area contributed by atoms with E-state index < -0.39 is 6.10 Å². The van der Waals surface area contributed by atoms with E-state index in [2.05, 4.69) is 0 Å². The Morgan fingerprint density at radius 3 is 2.82 bits per heavy atom. The van der Waals surface area contributed by atoms with Crippen molar-refractivity contribution in [1.29, 1.82) is 0 Å². The monoisotopic (exact) mass is 308 g/mol. The lowest BCUT2D eigenvalue weighted by atomic mass is 10.1. The number of hydrogen-bond donors (Lipinski definition) is 2. The topological polar surface area (TPSA) is 73.2 Å². The Kier molecular flexibility index (Phi) is 5.76. The number of nitrogens with zero attached hydrogens (tertiary/aromatic N) is 2. The third-order valence-corrected chi connectivity index (χ3v) is 3.96. The largest absolute Gasteiger partial charge is 0.496 e. The summed E-state index contributed by atoms with van der Waals surface area (Å²) in [4.78, 5) is 16.5. The van der Waals surface area contributed by atoms with Gasteiger partial charge in [0.15, 0.2) is 0 Å². The number of aliphatic hydroxyl groups is 2. The molecule has 1 saturated heterocycles. The first-order valence-corrected chi connectivity index (χ1v) is 7.51. The Labute approximate surface area is 130 Å². The molecule has 122 valence electrons. The SMILES string of the molecule is COc1cccc(C)c1C(=O)N1CCN(CCO)CC(O)C1. The average molecular weight is 308 g/mol. The van der Waals surface area contributed by atoms with Gasteiger partial charge in [-0.2, -0.15) is 0 Å². The summed E-state index contributed by atoms with van der Waals surface area (Å²) >= 11 is 0. The number of amides is 1. The van der Waals surface area contributed by atoms with Crippen LogP contribution in [0.25, 0.3) is 0 Å². The predicted molar refractivity (Wildman–Crippen MR) is 83.2 cm³/mol. The second kappa shape index (κ2) is 7.58. The zero-order valence-electron chi connectivity index (χ0n) is 13.2. The highest BCUT2D eigenvalue weighted by Gasteiger charge is 2.27. The molecule has 1 amide bonds. The van der Waals surface area contributed by atoms with Crippen molar-refractivity contribution in [3.8, 4) is 5.75 Å². The second-order valence-corrected chi connectivity index (χ2v) is 5.58. The molecule has 1 aromatic rings. The number of hydrogen-bond acceptors (Lipinski definition) is 5. The van der Waals surface area contributed by atoms with E-state index in [1.54, 1.807) is 18.1 Å². The molecule has 0 aliphatic carbocycles. The molecule has 0 radical (unpaired) electrons. The van der Waals surface area contributed by atoms with Crippen molar-refractivity contribution in [3.05, 3.63) is 29.3 Å². The molecule has 22 heavy (non-hydrogen) atoms. The number of rotatable bonds is 4. The van der Waals surface area contributed by atoms with Gasteiger partial charge in [-0.05, 0) is 18.6 Å². The van der Waals surface area contributed by atoms with Gasteiger partial charge in [-0.1, -0.05) is 12.1 Å². The van der Waals surface area contributed by atoms with E-state index in [0.29, 0.717) is 37.5 Å². The van der Waals surface area contributed by atoms with Gasteiger partial charge in [0.05, 0.1) is 25.4 Å². The fourth-order valence-electron chi connectivity index (χ4n) is 2.83. The molecule has 1 aromatic carbocycles. The maximum atomic E-state index is 12.8. The van der Waals surface area contributed by atoms with Crippen molar-refractivity contribution in [2.24, 2.45) is 0 Å². The standard InChI is InChI=1S/C16H24N2O4/c1-12-4-3-5-14(22-2)15(12)16(21)18-7-6-17(8-9-19)10-13(20)11-18/h3-5,13,19-20H,6-11H2,1-2H3. The first-order valence-electron chi connectivity index (χ1n) is 7.51. The predicted octanol–water partition coefficient (Wildman–Crippen LogP) is 0.115. The lowest BCUT2D eigenvalue weighted by Crippen LogP contribution is -2.38. The van der Waals surface area contributed by atoms with Crippen LogP contribution in [0.2, 0.25) is 0 Å². The molecule has 1 fully saturated rings. The zero-order chi connectivity index (χ0) is 16.1. The highest BCUT2D eigenvalue weighted by atomic mass is 16.5. The molecule has 6 heteroatoms. The smallest absolute Gasteiger partial charge is 0.258 e. The van der Waals surface area contributed by atoms with Crippen molar-refractivity contribution in [2.75, 3.05) is 46.4 Å². The number of aliphatic hydroxyl groups excluding tert-OH is 2. The van der Waals surface area contributed by atoms with Gasteiger partial charge in [0, 0.05) is 32.7 Å². The first kappa shape index (κ1) is 16.7. The normalized spacial score (nSPS) is 19.8. The summed E-state index contributed by atoms with van der Waals surface area (Å²) in [7, 11) is 1.55. The second-order valence-electron chi connectivity index (χ2n) is 5.58. The number of aryl methyl sites for hydroxylation is 1. The molecule has 0 spiro atoms. The molecule has 0 aromatic heterocycles. The molecule has 1 atom stereocenters. The number of carbonyl (C=O) groups is 1. The number of β-amino-alcohol motifs (C(OH)–C–C–N with tert-alkyl or cyclic N) is 2. The van der Waals surface area contributed by atoms with Gasteiger partial charge in [-0.25, -0.2) is 0 Å². The van der Waals surface area contributed by atoms with Crippen LogP contribution in [0.5, 0.6) is 5.75 Å². The third-order valence-electron chi connectivity index (χ3n) is 3.96. The number of benzene rings is 1. The van der Waals surface area contributed by atoms with Crippen molar-refractivity contribution >= 4 is 5.91 Å². The maximum Gasteiger partial charge on any atom is 0.258 e. The zero-order valence-corrected chi connectivity index (χ0v) is 13.2. The van der Waals surface area contributed by atoms with Crippen LogP contribution >= 0.6 is 0 Å². The van der Waals surface area contributed by atoms with Gasteiger partial charge >= 0.3 is 0 Å². The summed E-state index contributed by atoms with van der Waals surface area (Å²) < 4.78 is 5.30. The van der Waals surface area contributed by atoms with E-state index in [1.165, 1.54) is 0 Å². The van der Waals surface area contributed by atoms with E-state index >= 15 is 0 Å². The lowest BCUT2D eigenvalue weighted by molar-refractivity contribution is 0.0657. The van der Waals surface area contributed by atoms with Gasteiger partial charge in [0.2, 0.25) is 0 Å². The van der Waals surface area contributed by atoms with Crippen molar-refractivity contribution in [2.45, 2.75) is 13.0 Å². The van der Waals surface area contributed by atoms with Crippen molar-refractivity contribution in [3.63, 3.8) is 0 Å². The average Bonchev–Trinajstić information content (AvgIpc) is 2.68. The van der Waals surface area contributed by atoms with E-state index in [9.17, 15) is 9.90 Å². The van der Waals surface area contributed by atoms with Crippen LogP contribution in [0, 0.1) is 6.92 Å². The summed E-state index contributed by atoms with van der Waals surface area (Å²) in [6, 6.07) is 5.50. The minimum Gasteiger partial charge on any atom is -0.496 e. The summed E-state index contributed by atoms with van der Waals surface area (Å²) in [5, 5.41) is 19.1. The highest BCUT2D eigenvalue weighted by Crippen LogP contribution is 2.24. The summed E-state index contributed by atoms with van der Waals surface area (Å²) in [5.74, 6) is 0.427. The number of methoxy groups -OCH3 is 1. The molecule has 1 aliphatic rings. The lowest BCUT2D eigenvalue weighted by Gasteiger charge is -2.23. The Hall–Kier alpha value is -1.63. The van der Waals surface area contributed by atoms with Crippen LogP contribution in [0.15, 0.2) is 18.2 Å².